The highest BCUT2D eigenvalue weighted by Gasteiger charge is 2.06. The second-order valence-corrected chi connectivity index (χ2v) is 5.06. The van der Waals surface area contributed by atoms with Crippen LogP contribution in [0.1, 0.15) is 26.7 Å². The molecule has 0 aromatic carbocycles. The van der Waals surface area contributed by atoms with Crippen LogP contribution in [0.3, 0.4) is 0 Å². The minimum absolute atomic E-state index is 0.0946. The Bertz CT molecular complexity index is 173. The molecule has 0 heterocycles. The Morgan fingerprint density at radius 3 is 2.31 bits per heavy atom. The van der Waals surface area contributed by atoms with Crippen molar-refractivity contribution in [2.24, 2.45) is 0 Å². The van der Waals surface area contributed by atoms with E-state index in [1.165, 1.54) is 0 Å². The van der Waals surface area contributed by atoms with Crippen LogP contribution in [0, 0.1) is 0 Å². The summed E-state index contributed by atoms with van der Waals surface area (Å²) in [5, 5.41) is 3.29. The molecule has 0 aromatic rings. The normalized spacial score (nSPS) is 13.2. The van der Waals surface area contributed by atoms with Crippen molar-refractivity contribution in [1.82, 2.24) is 5.32 Å². The zero-order valence-electron chi connectivity index (χ0n) is 10.7. The number of nitrogens with one attached hydrogen (secondary N) is 1. The first-order valence-electron chi connectivity index (χ1n) is 5.94. The molecule has 0 aliphatic heterocycles. The zero-order chi connectivity index (χ0) is 12.2. The van der Waals surface area contributed by atoms with Crippen LogP contribution in [0.25, 0.3) is 0 Å². The van der Waals surface area contributed by atoms with E-state index in [0.29, 0.717) is 13.2 Å². The summed E-state index contributed by atoms with van der Waals surface area (Å²) in [5.74, 6) is 0.771. The van der Waals surface area contributed by atoms with Crippen LogP contribution in [-0.4, -0.2) is 48.8 Å². The van der Waals surface area contributed by atoms with Crippen molar-refractivity contribution in [3.63, 3.8) is 0 Å². The molecular weight excluding hydrogens is 226 g/mol. The molecule has 4 nitrogen and oxygen atoms in total. The van der Waals surface area contributed by atoms with Gasteiger partial charge in [-0.05, 0) is 33.4 Å². The van der Waals surface area contributed by atoms with E-state index in [-0.39, 0.29) is 6.29 Å². The predicted molar refractivity (Wildman–Crippen MR) is 68.1 cm³/mol. The predicted octanol–water partition coefficient (Wildman–Crippen LogP) is 1.13. The second-order valence-electron chi connectivity index (χ2n) is 3.51. The highest BCUT2D eigenvalue weighted by Crippen LogP contribution is 1.99. The smallest absolute Gasteiger partial charge is 0.158 e. The van der Waals surface area contributed by atoms with E-state index in [0.717, 1.165) is 31.7 Å². The van der Waals surface area contributed by atoms with Crippen molar-refractivity contribution < 1.29 is 13.7 Å². The third-order valence-corrected chi connectivity index (χ3v) is 2.91. The molecule has 0 aliphatic rings. The Kier molecular flexibility index (Phi) is 11.5. The van der Waals surface area contributed by atoms with Gasteiger partial charge < -0.3 is 14.8 Å². The van der Waals surface area contributed by atoms with E-state index < -0.39 is 10.8 Å². The Morgan fingerprint density at radius 1 is 1.19 bits per heavy atom. The van der Waals surface area contributed by atoms with Gasteiger partial charge in [-0.25, -0.2) is 0 Å². The quantitative estimate of drug-likeness (QED) is 0.442. The van der Waals surface area contributed by atoms with Gasteiger partial charge in [-0.1, -0.05) is 0 Å². The number of hydrogen-bond donors (Lipinski definition) is 1. The van der Waals surface area contributed by atoms with Crippen LogP contribution < -0.4 is 5.32 Å². The largest absolute Gasteiger partial charge is 0.353 e. The van der Waals surface area contributed by atoms with Crippen molar-refractivity contribution in [3.8, 4) is 0 Å². The summed E-state index contributed by atoms with van der Waals surface area (Å²) in [6, 6.07) is 0. The maximum Gasteiger partial charge on any atom is 0.158 e. The van der Waals surface area contributed by atoms with Crippen LogP contribution in [-0.2, 0) is 20.3 Å². The second kappa shape index (κ2) is 11.5. The summed E-state index contributed by atoms with van der Waals surface area (Å²) in [7, 11) is -0.675. The van der Waals surface area contributed by atoms with Gasteiger partial charge in [-0.2, -0.15) is 0 Å². The van der Waals surface area contributed by atoms with E-state index in [1.807, 2.05) is 13.8 Å². The molecule has 16 heavy (non-hydrogen) atoms. The summed E-state index contributed by atoms with van der Waals surface area (Å²) in [6.45, 7) is 7.08. The van der Waals surface area contributed by atoms with Gasteiger partial charge in [0.2, 0.25) is 0 Å². The molecule has 0 bridgehead atoms. The molecule has 0 radical (unpaired) electrons. The molecule has 1 atom stereocenters. The highest BCUT2D eigenvalue weighted by molar-refractivity contribution is 7.84. The molecule has 0 aliphatic carbocycles. The van der Waals surface area contributed by atoms with Crippen molar-refractivity contribution in [1.29, 1.82) is 0 Å². The van der Waals surface area contributed by atoms with Crippen molar-refractivity contribution >= 4 is 10.8 Å². The van der Waals surface area contributed by atoms with E-state index in [2.05, 4.69) is 5.32 Å². The Balaban J connectivity index is 3.35. The molecule has 0 aromatic heterocycles. The van der Waals surface area contributed by atoms with E-state index in [4.69, 9.17) is 9.47 Å². The molecule has 0 saturated carbocycles. The van der Waals surface area contributed by atoms with Gasteiger partial charge in [0.25, 0.3) is 0 Å². The summed E-state index contributed by atoms with van der Waals surface area (Å²) in [6.07, 6.45) is 3.46. The van der Waals surface area contributed by atoms with Gasteiger partial charge in [0.05, 0.1) is 0 Å². The number of ether oxygens (including phenoxy) is 2. The van der Waals surface area contributed by atoms with Crippen LogP contribution in [0.4, 0.5) is 0 Å². The van der Waals surface area contributed by atoms with Gasteiger partial charge in [0.1, 0.15) is 0 Å². The minimum atomic E-state index is -0.675. The maximum atomic E-state index is 10.8. The average Bonchev–Trinajstić information content (AvgIpc) is 2.23. The molecule has 1 unspecified atom stereocenters. The summed E-state index contributed by atoms with van der Waals surface area (Å²) in [4.78, 5) is 0. The third kappa shape index (κ3) is 10.5. The maximum absolute atomic E-state index is 10.8. The van der Waals surface area contributed by atoms with E-state index >= 15 is 0 Å². The van der Waals surface area contributed by atoms with Crippen molar-refractivity contribution in [2.75, 3.05) is 38.3 Å². The summed E-state index contributed by atoms with van der Waals surface area (Å²) < 4.78 is 21.6. The fourth-order valence-electron chi connectivity index (χ4n) is 1.33. The first-order valence-corrected chi connectivity index (χ1v) is 7.67. The molecule has 1 N–H and O–H groups in total. The first-order chi connectivity index (χ1) is 7.70. The zero-order valence-corrected chi connectivity index (χ0v) is 11.5. The first kappa shape index (κ1) is 16.0. The standard InChI is InChI=1S/C11H25NO3S/c1-4-14-11(15-5-2)7-9-12-8-6-10-16(3)13/h11-12H,4-10H2,1-3H3. The molecule has 98 valence electrons. The van der Waals surface area contributed by atoms with Crippen molar-refractivity contribution in [2.45, 2.75) is 33.0 Å². The fraction of sp³-hybridized carbons (Fsp3) is 1.00. The molecular formula is C11H25NO3S. The molecule has 0 amide bonds. The van der Waals surface area contributed by atoms with Crippen LogP contribution in [0.2, 0.25) is 0 Å². The lowest BCUT2D eigenvalue weighted by molar-refractivity contribution is -0.138. The molecule has 0 fully saturated rings. The lowest BCUT2D eigenvalue weighted by atomic mass is 10.4. The van der Waals surface area contributed by atoms with Gasteiger partial charge in [0.15, 0.2) is 6.29 Å². The van der Waals surface area contributed by atoms with Crippen LogP contribution in [0.5, 0.6) is 0 Å². The average molecular weight is 251 g/mol. The van der Waals surface area contributed by atoms with E-state index in [9.17, 15) is 4.21 Å². The van der Waals surface area contributed by atoms with Gasteiger partial charge >= 0.3 is 0 Å². The topological polar surface area (TPSA) is 47.6 Å². The monoisotopic (exact) mass is 251 g/mol. The van der Waals surface area contributed by atoms with Gasteiger partial charge in [-0.3, -0.25) is 4.21 Å². The van der Waals surface area contributed by atoms with Gasteiger partial charge in [-0.15, -0.1) is 0 Å². The van der Waals surface area contributed by atoms with Crippen LogP contribution in [0.15, 0.2) is 0 Å². The Morgan fingerprint density at radius 2 is 1.81 bits per heavy atom. The third-order valence-electron chi connectivity index (χ3n) is 2.05. The Hall–Kier alpha value is 0.0300. The lowest BCUT2D eigenvalue weighted by Gasteiger charge is -2.16. The Labute approximate surface area is 102 Å². The lowest BCUT2D eigenvalue weighted by Crippen LogP contribution is -2.26. The van der Waals surface area contributed by atoms with E-state index in [1.54, 1.807) is 6.26 Å². The summed E-state index contributed by atoms with van der Waals surface area (Å²) >= 11 is 0. The highest BCUT2D eigenvalue weighted by atomic mass is 32.2. The molecule has 0 spiro atoms. The number of hydrogen-bond acceptors (Lipinski definition) is 4. The van der Waals surface area contributed by atoms with Gasteiger partial charge in [0, 0.05) is 42.4 Å². The van der Waals surface area contributed by atoms with Crippen molar-refractivity contribution in [3.05, 3.63) is 0 Å². The fourth-order valence-corrected chi connectivity index (χ4v) is 1.88. The van der Waals surface area contributed by atoms with Crippen LogP contribution >= 0.6 is 0 Å². The molecule has 0 rings (SSSR count). The SMILES string of the molecule is CCOC(CCNCCCS(C)=O)OCC. The molecule has 0 saturated heterocycles. The number of rotatable bonds is 11. The summed E-state index contributed by atoms with van der Waals surface area (Å²) in [5.41, 5.74) is 0. The minimum Gasteiger partial charge on any atom is -0.353 e. The molecule has 5 heteroatoms.